The van der Waals surface area contributed by atoms with Gasteiger partial charge in [-0.15, -0.1) is 21.5 Å². The van der Waals surface area contributed by atoms with Crippen molar-refractivity contribution >= 4 is 28.7 Å². The fourth-order valence-electron chi connectivity index (χ4n) is 3.01. The maximum absolute atomic E-state index is 12.7. The SMILES string of the molecule is CC(C)C(NC(=O)Nc1cccc(-c2nccs2)c1)c1nnc2ccccn12. The summed E-state index contributed by atoms with van der Waals surface area (Å²) in [4.78, 5) is 17.0. The molecule has 0 radical (unpaired) electrons. The monoisotopic (exact) mass is 392 g/mol. The Hall–Kier alpha value is -3.26. The number of hydrogen-bond acceptors (Lipinski definition) is 5. The van der Waals surface area contributed by atoms with E-state index in [4.69, 9.17) is 0 Å². The molecule has 0 aliphatic rings. The lowest BCUT2D eigenvalue weighted by atomic mass is 10.0. The Morgan fingerprint density at radius 3 is 2.82 bits per heavy atom. The van der Waals surface area contributed by atoms with Crippen molar-refractivity contribution in [2.45, 2.75) is 19.9 Å². The van der Waals surface area contributed by atoms with E-state index in [1.54, 1.807) is 17.5 Å². The second kappa shape index (κ2) is 7.77. The maximum atomic E-state index is 12.7. The first kappa shape index (κ1) is 18.1. The van der Waals surface area contributed by atoms with Gasteiger partial charge in [-0.05, 0) is 30.2 Å². The highest BCUT2D eigenvalue weighted by atomic mass is 32.1. The number of rotatable bonds is 5. The number of nitrogens with zero attached hydrogens (tertiary/aromatic N) is 4. The minimum Gasteiger partial charge on any atom is -0.328 e. The highest BCUT2D eigenvalue weighted by molar-refractivity contribution is 7.13. The van der Waals surface area contributed by atoms with E-state index in [-0.39, 0.29) is 18.0 Å². The Kier molecular flexibility index (Phi) is 5.03. The van der Waals surface area contributed by atoms with Gasteiger partial charge in [0.1, 0.15) is 5.01 Å². The van der Waals surface area contributed by atoms with Crippen LogP contribution in [0.15, 0.2) is 60.2 Å². The minimum atomic E-state index is -0.289. The van der Waals surface area contributed by atoms with Crippen LogP contribution < -0.4 is 10.6 Å². The third-order valence-electron chi connectivity index (χ3n) is 4.37. The van der Waals surface area contributed by atoms with Gasteiger partial charge in [-0.2, -0.15) is 0 Å². The summed E-state index contributed by atoms with van der Waals surface area (Å²) in [5.41, 5.74) is 2.43. The topological polar surface area (TPSA) is 84.2 Å². The molecule has 4 aromatic rings. The molecule has 0 bridgehead atoms. The average molecular weight is 392 g/mol. The number of anilines is 1. The second-order valence-electron chi connectivity index (χ2n) is 6.73. The Morgan fingerprint density at radius 2 is 2.04 bits per heavy atom. The molecule has 28 heavy (non-hydrogen) atoms. The number of fused-ring (bicyclic) bond motifs is 1. The van der Waals surface area contributed by atoms with Gasteiger partial charge in [0.2, 0.25) is 0 Å². The van der Waals surface area contributed by atoms with Crippen LogP contribution >= 0.6 is 11.3 Å². The van der Waals surface area contributed by atoms with Crippen LogP contribution in [0, 0.1) is 5.92 Å². The largest absolute Gasteiger partial charge is 0.328 e. The molecule has 1 atom stereocenters. The van der Waals surface area contributed by atoms with Crippen LogP contribution in [0.2, 0.25) is 0 Å². The van der Waals surface area contributed by atoms with Gasteiger partial charge in [0.15, 0.2) is 11.5 Å². The first-order valence-corrected chi connectivity index (χ1v) is 9.87. The zero-order valence-corrected chi connectivity index (χ0v) is 16.4. The Balaban J connectivity index is 1.52. The number of aromatic nitrogens is 4. The van der Waals surface area contributed by atoms with E-state index in [2.05, 4.69) is 25.8 Å². The zero-order valence-electron chi connectivity index (χ0n) is 15.5. The quantitative estimate of drug-likeness (QED) is 0.528. The Morgan fingerprint density at radius 1 is 1.14 bits per heavy atom. The van der Waals surface area contributed by atoms with Crippen molar-refractivity contribution < 1.29 is 4.79 Å². The lowest BCUT2D eigenvalue weighted by Gasteiger charge is -2.21. The van der Waals surface area contributed by atoms with Crippen LogP contribution in [-0.2, 0) is 0 Å². The first-order chi connectivity index (χ1) is 13.6. The van der Waals surface area contributed by atoms with Gasteiger partial charge in [0.25, 0.3) is 0 Å². The van der Waals surface area contributed by atoms with Crippen molar-refractivity contribution in [2.75, 3.05) is 5.32 Å². The summed E-state index contributed by atoms with van der Waals surface area (Å²) in [5.74, 6) is 0.845. The molecule has 1 aromatic carbocycles. The van der Waals surface area contributed by atoms with Crippen molar-refractivity contribution in [1.29, 1.82) is 0 Å². The number of thiazole rings is 1. The number of carbonyl (C=O) groups excluding carboxylic acids is 1. The van der Waals surface area contributed by atoms with Gasteiger partial charge in [-0.25, -0.2) is 9.78 Å². The number of hydrogen-bond donors (Lipinski definition) is 2. The maximum Gasteiger partial charge on any atom is 0.319 e. The number of urea groups is 1. The lowest BCUT2D eigenvalue weighted by Crippen LogP contribution is -2.36. The summed E-state index contributed by atoms with van der Waals surface area (Å²) in [7, 11) is 0. The van der Waals surface area contributed by atoms with Crippen molar-refractivity contribution in [3.05, 3.63) is 66.1 Å². The summed E-state index contributed by atoms with van der Waals surface area (Å²) in [5, 5.41) is 17.3. The van der Waals surface area contributed by atoms with Crippen LogP contribution in [0.4, 0.5) is 10.5 Å². The van der Waals surface area contributed by atoms with Crippen molar-refractivity contribution in [3.63, 3.8) is 0 Å². The van der Waals surface area contributed by atoms with Crippen LogP contribution in [0.1, 0.15) is 25.7 Å². The summed E-state index contributed by atoms with van der Waals surface area (Å²) >= 11 is 1.56. The van der Waals surface area contributed by atoms with Gasteiger partial charge < -0.3 is 10.6 Å². The summed E-state index contributed by atoms with van der Waals surface area (Å²) in [6.07, 6.45) is 3.67. The fraction of sp³-hybridized carbons (Fsp3) is 0.200. The summed E-state index contributed by atoms with van der Waals surface area (Å²) in [6.45, 7) is 4.08. The van der Waals surface area contributed by atoms with Gasteiger partial charge in [0.05, 0.1) is 6.04 Å². The van der Waals surface area contributed by atoms with Crippen molar-refractivity contribution in [1.82, 2.24) is 24.9 Å². The van der Waals surface area contributed by atoms with Gasteiger partial charge in [0, 0.05) is 29.0 Å². The van der Waals surface area contributed by atoms with E-state index in [0.717, 1.165) is 16.2 Å². The van der Waals surface area contributed by atoms with Crippen LogP contribution in [0.5, 0.6) is 0 Å². The van der Waals surface area contributed by atoms with Gasteiger partial charge in [-0.3, -0.25) is 4.40 Å². The van der Waals surface area contributed by atoms with Crippen LogP contribution in [0.25, 0.3) is 16.2 Å². The molecule has 2 N–H and O–H groups in total. The van der Waals surface area contributed by atoms with E-state index in [1.165, 1.54) is 0 Å². The predicted molar refractivity (Wildman–Crippen MR) is 110 cm³/mol. The molecule has 3 heterocycles. The highest BCUT2D eigenvalue weighted by Crippen LogP contribution is 2.25. The molecule has 0 spiro atoms. The Bertz CT molecular complexity index is 1090. The highest BCUT2D eigenvalue weighted by Gasteiger charge is 2.23. The molecule has 8 heteroatoms. The lowest BCUT2D eigenvalue weighted by molar-refractivity contribution is 0.243. The van der Waals surface area contributed by atoms with Crippen molar-refractivity contribution in [3.8, 4) is 10.6 Å². The zero-order chi connectivity index (χ0) is 19.5. The summed E-state index contributed by atoms with van der Waals surface area (Å²) < 4.78 is 1.90. The molecular formula is C20H20N6OS. The molecule has 4 rings (SSSR count). The van der Waals surface area contributed by atoms with Crippen molar-refractivity contribution in [2.24, 2.45) is 5.92 Å². The predicted octanol–water partition coefficient (Wildman–Crippen LogP) is 4.37. The fourth-order valence-corrected chi connectivity index (χ4v) is 3.64. The first-order valence-electron chi connectivity index (χ1n) is 8.99. The van der Waals surface area contributed by atoms with E-state index in [0.29, 0.717) is 11.5 Å². The minimum absolute atomic E-state index is 0.139. The number of carbonyl (C=O) groups is 1. The molecular weight excluding hydrogens is 372 g/mol. The van der Waals surface area contributed by atoms with Gasteiger partial charge in [-0.1, -0.05) is 32.0 Å². The summed E-state index contributed by atoms with van der Waals surface area (Å²) in [6, 6.07) is 12.8. The molecule has 0 fully saturated rings. The third kappa shape index (κ3) is 3.72. The average Bonchev–Trinajstić information content (AvgIpc) is 3.36. The number of nitrogens with one attached hydrogen (secondary N) is 2. The molecule has 0 aliphatic carbocycles. The molecule has 7 nitrogen and oxygen atoms in total. The van der Waals surface area contributed by atoms with Crippen LogP contribution in [0.3, 0.4) is 0 Å². The molecule has 0 saturated carbocycles. The number of amides is 2. The van der Waals surface area contributed by atoms with E-state index < -0.39 is 0 Å². The molecule has 3 aromatic heterocycles. The second-order valence-corrected chi connectivity index (χ2v) is 7.62. The molecule has 0 saturated heterocycles. The van der Waals surface area contributed by atoms with E-state index >= 15 is 0 Å². The van der Waals surface area contributed by atoms with E-state index in [9.17, 15) is 4.79 Å². The molecule has 142 valence electrons. The normalized spacial score (nSPS) is 12.2. The Labute approximate surface area is 166 Å². The smallest absolute Gasteiger partial charge is 0.319 e. The molecule has 2 amide bonds. The molecule has 0 aliphatic heterocycles. The van der Waals surface area contributed by atoms with Gasteiger partial charge >= 0.3 is 6.03 Å². The number of pyridine rings is 1. The van der Waals surface area contributed by atoms with E-state index in [1.807, 2.05) is 72.3 Å². The standard InChI is InChI=1S/C20H20N6OS/c1-13(2)17(18-25-24-16-8-3-4-10-26(16)18)23-20(27)22-15-7-5-6-14(12-15)19-21-9-11-28-19/h3-13,17H,1-2H3,(H2,22,23,27). The molecule has 1 unspecified atom stereocenters. The van der Waals surface area contributed by atoms with Crippen LogP contribution in [-0.4, -0.2) is 25.6 Å². The third-order valence-corrected chi connectivity index (χ3v) is 5.19. The number of benzene rings is 1.